The van der Waals surface area contributed by atoms with Gasteiger partial charge >= 0.3 is 0 Å². The lowest BCUT2D eigenvalue weighted by Gasteiger charge is -2.16. The van der Waals surface area contributed by atoms with Crippen molar-refractivity contribution in [1.82, 2.24) is 0 Å². The summed E-state index contributed by atoms with van der Waals surface area (Å²) in [7, 11) is 0. The van der Waals surface area contributed by atoms with Crippen molar-refractivity contribution in [3.8, 4) is 0 Å². The molecule has 0 N–H and O–H groups in total. The van der Waals surface area contributed by atoms with Crippen LogP contribution in [0, 0.1) is 5.92 Å². The molecule has 0 spiro atoms. The number of allylic oxidation sites excluding steroid dienone is 4. The third-order valence-corrected chi connectivity index (χ3v) is 7.42. The highest BCUT2D eigenvalue weighted by atomic mass is 14.1. The van der Waals surface area contributed by atoms with Crippen molar-refractivity contribution in [2.45, 2.75) is 109 Å². The van der Waals surface area contributed by atoms with E-state index in [4.69, 9.17) is 0 Å². The fourth-order valence-electron chi connectivity index (χ4n) is 5.37. The lowest BCUT2D eigenvalue weighted by Crippen LogP contribution is -2.05. The topological polar surface area (TPSA) is 0 Å². The van der Waals surface area contributed by atoms with Gasteiger partial charge in [-0.25, -0.2) is 0 Å². The Balaban J connectivity index is 1.47. The molecule has 1 aliphatic carbocycles. The van der Waals surface area contributed by atoms with Gasteiger partial charge in [-0.3, -0.25) is 0 Å². The molecule has 1 unspecified atom stereocenters. The van der Waals surface area contributed by atoms with Crippen molar-refractivity contribution >= 4 is 0 Å². The van der Waals surface area contributed by atoms with Gasteiger partial charge < -0.3 is 0 Å². The van der Waals surface area contributed by atoms with Crippen molar-refractivity contribution in [2.24, 2.45) is 5.92 Å². The van der Waals surface area contributed by atoms with Crippen LogP contribution in [0.15, 0.2) is 84.5 Å². The average molecular weight is 457 g/mol. The molecule has 184 valence electrons. The largest absolute Gasteiger partial charge is 0.0885 e. The fraction of sp³-hybridized carbons (Fsp3) is 0.529. The molecular weight excluding hydrogens is 408 g/mol. The molecule has 0 heterocycles. The summed E-state index contributed by atoms with van der Waals surface area (Å²) in [6.07, 6.45) is 30.1. The molecular formula is C34H48. The summed E-state index contributed by atoms with van der Waals surface area (Å²) >= 11 is 0. The van der Waals surface area contributed by atoms with Gasteiger partial charge in [-0.05, 0) is 81.3 Å². The predicted molar refractivity (Wildman–Crippen MR) is 150 cm³/mol. The molecule has 0 fully saturated rings. The van der Waals surface area contributed by atoms with Gasteiger partial charge in [0.1, 0.15) is 0 Å². The Kier molecular flexibility index (Phi) is 13.5. The van der Waals surface area contributed by atoms with Gasteiger partial charge in [-0.2, -0.15) is 0 Å². The fourth-order valence-corrected chi connectivity index (χ4v) is 5.37. The van der Waals surface area contributed by atoms with E-state index >= 15 is 0 Å². The van der Waals surface area contributed by atoms with Crippen LogP contribution in [0.1, 0.15) is 107 Å². The van der Waals surface area contributed by atoms with Gasteiger partial charge in [-0.15, -0.1) is 0 Å². The Labute approximate surface area is 210 Å². The molecule has 0 nitrogen and oxygen atoms in total. The van der Waals surface area contributed by atoms with E-state index in [-0.39, 0.29) is 0 Å². The first-order valence-electron chi connectivity index (χ1n) is 14.3. The summed E-state index contributed by atoms with van der Waals surface area (Å²) in [4.78, 5) is 0. The molecule has 2 aromatic carbocycles. The van der Waals surface area contributed by atoms with Crippen LogP contribution in [-0.2, 0) is 12.8 Å². The first-order valence-corrected chi connectivity index (χ1v) is 14.3. The van der Waals surface area contributed by atoms with Crippen LogP contribution >= 0.6 is 0 Å². The third-order valence-electron chi connectivity index (χ3n) is 7.42. The second-order valence-electron chi connectivity index (χ2n) is 10.4. The van der Waals surface area contributed by atoms with Crippen molar-refractivity contribution in [3.63, 3.8) is 0 Å². The van der Waals surface area contributed by atoms with Gasteiger partial charge in [0.05, 0.1) is 0 Å². The molecule has 1 atom stereocenters. The highest BCUT2D eigenvalue weighted by Crippen LogP contribution is 2.23. The van der Waals surface area contributed by atoms with E-state index in [1.807, 2.05) is 0 Å². The molecule has 0 radical (unpaired) electrons. The van der Waals surface area contributed by atoms with Gasteiger partial charge in [0, 0.05) is 0 Å². The Morgan fingerprint density at radius 2 is 1.15 bits per heavy atom. The molecule has 0 saturated carbocycles. The zero-order valence-corrected chi connectivity index (χ0v) is 21.6. The van der Waals surface area contributed by atoms with Crippen LogP contribution < -0.4 is 0 Å². The smallest absolute Gasteiger partial charge is 0.00671 e. The standard InChI is InChI=1S/C34H48/c1-3-7-13-21-31(29-33-25-17-11-18-26-33)23-15-9-5-2-6-10-16-24-32(22-14-8-4-1)30-34-27-19-12-20-28-34/h3,7,11-12,17-20,24-28,31H,1-2,4-6,8-10,13-16,21-23,29-30H2. The van der Waals surface area contributed by atoms with E-state index in [0.717, 1.165) is 12.3 Å². The van der Waals surface area contributed by atoms with Crippen molar-refractivity contribution in [1.29, 1.82) is 0 Å². The van der Waals surface area contributed by atoms with Crippen molar-refractivity contribution in [3.05, 3.63) is 95.6 Å². The van der Waals surface area contributed by atoms with Gasteiger partial charge in [0.25, 0.3) is 0 Å². The summed E-state index contributed by atoms with van der Waals surface area (Å²) in [5, 5.41) is 0. The lowest BCUT2D eigenvalue weighted by atomic mass is 9.89. The maximum Gasteiger partial charge on any atom is -0.00671 e. The Hall–Kier alpha value is -2.08. The normalized spacial score (nSPS) is 20.4. The average Bonchev–Trinajstić information content (AvgIpc) is 2.87. The second kappa shape index (κ2) is 17.4. The van der Waals surface area contributed by atoms with E-state index in [9.17, 15) is 0 Å². The molecule has 1 aliphatic rings. The third kappa shape index (κ3) is 11.9. The molecule has 0 saturated heterocycles. The van der Waals surface area contributed by atoms with Gasteiger partial charge in [0.15, 0.2) is 0 Å². The highest BCUT2D eigenvalue weighted by molar-refractivity contribution is 5.22. The first-order chi connectivity index (χ1) is 16.9. The van der Waals surface area contributed by atoms with Crippen molar-refractivity contribution < 1.29 is 0 Å². The molecule has 0 aliphatic heterocycles. The monoisotopic (exact) mass is 456 g/mol. The quantitative estimate of drug-likeness (QED) is 0.401. The number of rotatable bonds is 4. The van der Waals surface area contributed by atoms with Crippen LogP contribution in [0.3, 0.4) is 0 Å². The molecule has 34 heavy (non-hydrogen) atoms. The van der Waals surface area contributed by atoms with E-state index in [1.165, 1.54) is 114 Å². The lowest BCUT2D eigenvalue weighted by molar-refractivity contribution is 0.423. The Morgan fingerprint density at radius 3 is 1.94 bits per heavy atom. The summed E-state index contributed by atoms with van der Waals surface area (Å²) in [5.41, 5.74) is 4.66. The van der Waals surface area contributed by atoms with Crippen LogP contribution in [0.5, 0.6) is 0 Å². The van der Waals surface area contributed by atoms with Crippen LogP contribution in [0.25, 0.3) is 0 Å². The number of hydrogen-bond donors (Lipinski definition) is 0. The number of hydrogen-bond acceptors (Lipinski definition) is 0. The zero-order valence-electron chi connectivity index (χ0n) is 21.6. The Bertz CT molecular complexity index is 798. The Morgan fingerprint density at radius 1 is 0.529 bits per heavy atom. The van der Waals surface area contributed by atoms with E-state index in [2.05, 4.69) is 78.9 Å². The minimum Gasteiger partial charge on any atom is -0.0885 e. The molecule has 0 amide bonds. The molecule has 0 aromatic heterocycles. The van der Waals surface area contributed by atoms with E-state index in [1.54, 1.807) is 5.57 Å². The summed E-state index contributed by atoms with van der Waals surface area (Å²) in [6, 6.07) is 22.2. The van der Waals surface area contributed by atoms with Crippen LogP contribution in [0.4, 0.5) is 0 Å². The van der Waals surface area contributed by atoms with Crippen LogP contribution in [0.2, 0.25) is 0 Å². The van der Waals surface area contributed by atoms with Gasteiger partial charge in [-0.1, -0.05) is 129 Å². The van der Waals surface area contributed by atoms with Crippen LogP contribution in [-0.4, -0.2) is 0 Å². The minimum absolute atomic E-state index is 0.839. The highest BCUT2D eigenvalue weighted by Gasteiger charge is 2.09. The maximum atomic E-state index is 2.58. The predicted octanol–water partition coefficient (Wildman–Crippen LogP) is 10.4. The van der Waals surface area contributed by atoms with Gasteiger partial charge in [0.2, 0.25) is 0 Å². The van der Waals surface area contributed by atoms with E-state index in [0.29, 0.717) is 0 Å². The molecule has 0 bridgehead atoms. The van der Waals surface area contributed by atoms with E-state index < -0.39 is 0 Å². The maximum absolute atomic E-state index is 2.58. The SMILES string of the molecule is C1=CCCC(Cc2ccccc2)CCCCCCCCC=C(Cc2ccccc2)CCCCC1. The van der Waals surface area contributed by atoms with Crippen molar-refractivity contribution in [2.75, 3.05) is 0 Å². The minimum atomic E-state index is 0.839. The molecule has 2 aromatic rings. The zero-order chi connectivity index (χ0) is 23.5. The summed E-state index contributed by atoms with van der Waals surface area (Å²) in [5.74, 6) is 0.839. The molecule has 0 heteroatoms. The number of benzene rings is 2. The second-order valence-corrected chi connectivity index (χ2v) is 10.4. The summed E-state index contributed by atoms with van der Waals surface area (Å²) < 4.78 is 0. The molecule has 3 rings (SSSR count). The first kappa shape index (κ1) is 26.5. The summed E-state index contributed by atoms with van der Waals surface area (Å²) in [6.45, 7) is 0.